The summed E-state index contributed by atoms with van der Waals surface area (Å²) < 4.78 is 39.2. The van der Waals surface area contributed by atoms with Gasteiger partial charge in [0, 0.05) is 38.9 Å². The average Bonchev–Trinajstić information content (AvgIpc) is 2.77. The second-order valence-electron chi connectivity index (χ2n) is 7.89. The van der Waals surface area contributed by atoms with Gasteiger partial charge in [-0.3, -0.25) is 4.79 Å². The number of sulfonamides is 1. The molecule has 0 spiro atoms. The van der Waals surface area contributed by atoms with Gasteiger partial charge in [0.05, 0.1) is 29.3 Å². The van der Waals surface area contributed by atoms with E-state index in [-0.39, 0.29) is 30.2 Å². The van der Waals surface area contributed by atoms with E-state index in [1.54, 1.807) is 24.3 Å². The van der Waals surface area contributed by atoms with Crippen LogP contribution < -0.4 is 15.2 Å². The third-order valence-electron chi connectivity index (χ3n) is 5.72. The van der Waals surface area contributed by atoms with Gasteiger partial charge in [0.2, 0.25) is 10.0 Å². The Hall–Kier alpha value is -2.88. The topological polar surface area (TPSA) is 91.9 Å². The zero-order valence-corrected chi connectivity index (χ0v) is 19.2. The lowest BCUT2D eigenvalue weighted by Gasteiger charge is -2.28. The van der Waals surface area contributed by atoms with Crippen LogP contribution in [0.1, 0.15) is 11.1 Å². The molecule has 1 aliphatic rings. The molecule has 2 aromatic carbocycles. The number of rotatable bonds is 7. The molecule has 0 bridgehead atoms. The third-order valence-corrected chi connectivity index (χ3v) is 7.56. The number of ether oxygens (including phenoxy) is 2. The second-order valence-corrected chi connectivity index (χ2v) is 9.83. The van der Waals surface area contributed by atoms with E-state index in [4.69, 9.17) is 9.47 Å². The SMILES string of the molecule is COCCN(Cc1cc2cccc(C)c2[nH]c1=O)S(=O)(=O)c1ccc2c(c1)OCCN2C. The maximum absolute atomic E-state index is 13.5. The molecule has 0 aliphatic carbocycles. The molecule has 0 amide bonds. The van der Waals surface area contributed by atoms with Gasteiger partial charge in [-0.1, -0.05) is 18.2 Å². The quantitative estimate of drug-likeness (QED) is 0.586. The highest BCUT2D eigenvalue weighted by molar-refractivity contribution is 7.89. The Bertz CT molecular complexity index is 1300. The van der Waals surface area contributed by atoms with Crippen LogP contribution in [0, 0.1) is 6.92 Å². The molecular formula is C23H27N3O5S. The summed E-state index contributed by atoms with van der Waals surface area (Å²) in [6.45, 7) is 3.40. The highest BCUT2D eigenvalue weighted by atomic mass is 32.2. The highest BCUT2D eigenvalue weighted by Gasteiger charge is 2.28. The fraction of sp³-hybridized carbons (Fsp3) is 0.348. The number of methoxy groups -OCH3 is 1. The number of nitrogens with zero attached hydrogens (tertiary/aromatic N) is 2. The lowest BCUT2D eigenvalue weighted by molar-refractivity contribution is 0.177. The van der Waals surface area contributed by atoms with Crippen molar-refractivity contribution in [1.29, 1.82) is 0 Å². The molecule has 1 N–H and O–H groups in total. The van der Waals surface area contributed by atoms with Crippen molar-refractivity contribution in [3.05, 3.63) is 63.9 Å². The number of anilines is 1. The van der Waals surface area contributed by atoms with Crippen molar-refractivity contribution in [2.75, 3.05) is 45.4 Å². The van der Waals surface area contributed by atoms with Crippen LogP contribution in [0.25, 0.3) is 10.9 Å². The molecular weight excluding hydrogens is 430 g/mol. The first-order valence-electron chi connectivity index (χ1n) is 10.4. The first-order chi connectivity index (χ1) is 15.3. The van der Waals surface area contributed by atoms with E-state index in [1.807, 2.05) is 37.1 Å². The molecule has 0 atom stereocenters. The van der Waals surface area contributed by atoms with Gasteiger partial charge in [-0.25, -0.2) is 8.42 Å². The summed E-state index contributed by atoms with van der Waals surface area (Å²) in [6.07, 6.45) is 0. The monoisotopic (exact) mass is 457 g/mol. The predicted molar refractivity (Wildman–Crippen MR) is 124 cm³/mol. The van der Waals surface area contributed by atoms with E-state index in [0.29, 0.717) is 17.9 Å². The fourth-order valence-electron chi connectivity index (χ4n) is 3.86. The van der Waals surface area contributed by atoms with Gasteiger partial charge in [-0.05, 0) is 36.1 Å². The van der Waals surface area contributed by atoms with Crippen LogP contribution in [-0.2, 0) is 21.3 Å². The van der Waals surface area contributed by atoms with Gasteiger partial charge in [0.25, 0.3) is 5.56 Å². The number of pyridine rings is 1. The minimum atomic E-state index is -3.90. The van der Waals surface area contributed by atoms with Gasteiger partial charge in [-0.2, -0.15) is 4.31 Å². The summed E-state index contributed by atoms with van der Waals surface area (Å²) in [5.41, 5.74) is 2.62. The zero-order valence-electron chi connectivity index (χ0n) is 18.4. The van der Waals surface area contributed by atoms with Crippen molar-refractivity contribution in [1.82, 2.24) is 9.29 Å². The van der Waals surface area contributed by atoms with Crippen molar-refractivity contribution >= 4 is 26.6 Å². The predicted octanol–water partition coefficient (Wildman–Crippen LogP) is 2.50. The Morgan fingerprint density at radius 2 is 2.03 bits per heavy atom. The lowest BCUT2D eigenvalue weighted by atomic mass is 10.1. The van der Waals surface area contributed by atoms with Crippen LogP contribution in [0.15, 0.2) is 52.2 Å². The maximum atomic E-state index is 13.5. The smallest absolute Gasteiger partial charge is 0.252 e. The van der Waals surface area contributed by atoms with E-state index >= 15 is 0 Å². The summed E-state index contributed by atoms with van der Waals surface area (Å²) in [5.74, 6) is 0.533. The van der Waals surface area contributed by atoms with Crippen LogP contribution in [-0.4, -0.2) is 58.2 Å². The molecule has 1 aromatic heterocycles. The number of benzene rings is 2. The minimum absolute atomic E-state index is 0.0667. The summed E-state index contributed by atoms with van der Waals surface area (Å²) in [6, 6.07) is 12.4. The van der Waals surface area contributed by atoms with Crippen molar-refractivity contribution in [2.24, 2.45) is 0 Å². The van der Waals surface area contributed by atoms with Crippen LogP contribution >= 0.6 is 0 Å². The van der Waals surface area contributed by atoms with Gasteiger partial charge in [-0.15, -0.1) is 0 Å². The first kappa shape index (κ1) is 22.3. The number of hydrogen-bond acceptors (Lipinski definition) is 6. The van der Waals surface area contributed by atoms with E-state index in [9.17, 15) is 13.2 Å². The van der Waals surface area contributed by atoms with Gasteiger partial charge in [0.15, 0.2) is 0 Å². The number of nitrogens with one attached hydrogen (secondary N) is 1. The summed E-state index contributed by atoms with van der Waals surface area (Å²) in [7, 11) is -0.447. The van der Waals surface area contributed by atoms with Crippen LogP contribution in [0.3, 0.4) is 0 Å². The van der Waals surface area contributed by atoms with E-state index in [1.165, 1.54) is 11.4 Å². The number of hydrogen-bond donors (Lipinski definition) is 1. The Morgan fingerprint density at radius 1 is 1.22 bits per heavy atom. The number of aromatic nitrogens is 1. The Kier molecular flexibility index (Phi) is 6.23. The number of likely N-dealkylation sites (N-methyl/N-ethyl adjacent to an activating group) is 1. The van der Waals surface area contributed by atoms with E-state index < -0.39 is 10.0 Å². The largest absolute Gasteiger partial charge is 0.490 e. The lowest BCUT2D eigenvalue weighted by Crippen LogP contribution is -2.35. The molecule has 0 saturated carbocycles. The molecule has 170 valence electrons. The minimum Gasteiger partial charge on any atom is -0.490 e. The van der Waals surface area contributed by atoms with Crippen LogP contribution in [0.2, 0.25) is 0 Å². The van der Waals surface area contributed by atoms with Crippen molar-refractivity contribution in [2.45, 2.75) is 18.4 Å². The molecule has 0 saturated heterocycles. The molecule has 0 unspecified atom stereocenters. The molecule has 1 aliphatic heterocycles. The maximum Gasteiger partial charge on any atom is 0.252 e. The molecule has 2 heterocycles. The second kappa shape index (κ2) is 8.93. The first-order valence-corrected chi connectivity index (χ1v) is 11.8. The summed E-state index contributed by atoms with van der Waals surface area (Å²) >= 11 is 0. The van der Waals surface area contributed by atoms with Gasteiger partial charge >= 0.3 is 0 Å². The van der Waals surface area contributed by atoms with E-state index in [2.05, 4.69) is 4.98 Å². The van der Waals surface area contributed by atoms with Crippen LogP contribution in [0.5, 0.6) is 5.75 Å². The van der Waals surface area contributed by atoms with Gasteiger partial charge < -0.3 is 19.4 Å². The average molecular weight is 458 g/mol. The molecule has 9 heteroatoms. The number of aryl methyl sites for hydroxylation is 1. The molecule has 3 aromatic rings. The summed E-state index contributed by atoms with van der Waals surface area (Å²) in [4.78, 5) is 17.8. The molecule has 8 nitrogen and oxygen atoms in total. The van der Waals surface area contributed by atoms with E-state index in [0.717, 1.165) is 28.7 Å². The third kappa shape index (κ3) is 4.23. The fourth-order valence-corrected chi connectivity index (χ4v) is 5.28. The van der Waals surface area contributed by atoms with Crippen molar-refractivity contribution < 1.29 is 17.9 Å². The van der Waals surface area contributed by atoms with Crippen LogP contribution in [0.4, 0.5) is 5.69 Å². The number of para-hydroxylation sites is 1. The molecule has 0 fully saturated rings. The molecule has 32 heavy (non-hydrogen) atoms. The normalized spacial score (nSPS) is 13.9. The number of H-pyrrole nitrogens is 1. The van der Waals surface area contributed by atoms with Crippen molar-refractivity contribution in [3.63, 3.8) is 0 Å². The Labute approximate surface area is 187 Å². The Morgan fingerprint density at radius 3 is 2.81 bits per heavy atom. The van der Waals surface area contributed by atoms with Crippen molar-refractivity contribution in [3.8, 4) is 5.75 Å². The number of aromatic amines is 1. The molecule has 0 radical (unpaired) electrons. The highest BCUT2D eigenvalue weighted by Crippen LogP contribution is 2.34. The standard InChI is InChI=1S/C23H27N3O5S/c1-16-5-4-6-17-13-18(23(27)24-22(16)17)15-26(10-11-30-3)32(28,29)19-7-8-20-21(14-19)31-12-9-25(20)2/h4-8,13-14H,9-12,15H2,1-3H3,(H,24,27). The van der Waals surface area contributed by atoms with Gasteiger partial charge in [0.1, 0.15) is 12.4 Å². The number of fused-ring (bicyclic) bond motifs is 2. The summed E-state index contributed by atoms with van der Waals surface area (Å²) in [5, 5.41) is 0.855. The zero-order chi connectivity index (χ0) is 22.9. The Balaban J connectivity index is 1.72. The molecule has 4 rings (SSSR count).